The number of amides is 1. The van der Waals surface area contributed by atoms with Crippen molar-refractivity contribution in [2.75, 3.05) is 18.8 Å². The molecule has 18 heavy (non-hydrogen) atoms. The summed E-state index contributed by atoms with van der Waals surface area (Å²) in [5.41, 5.74) is 6.11. The third-order valence-corrected chi connectivity index (χ3v) is 3.19. The lowest BCUT2D eigenvalue weighted by Gasteiger charge is -2.16. The van der Waals surface area contributed by atoms with Crippen LogP contribution in [0.2, 0.25) is 0 Å². The zero-order chi connectivity index (χ0) is 13.3. The predicted molar refractivity (Wildman–Crippen MR) is 67.2 cm³/mol. The van der Waals surface area contributed by atoms with Gasteiger partial charge in [0.05, 0.1) is 10.5 Å². The molecule has 6 nitrogen and oxygen atoms in total. The summed E-state index contributed by atoms with van der Waals surface area (Å²) in [6.07, 6.45) is 0.959. The van der Waals surface area contributed by atoms with Crippen LogP contribution in [0, 0.1) is 16.0 Å². The van der Waals surface area contributed by atoms with E-state index in [1.807, 2.05) is 0 Å². The zero-order valence-electron chi connectivity index (χ0n) is 10.1. The summed E-state index contributed by atoms with van der Waals surface area (Å²) in [5.74, 6) is 0.245. The van der Waals surface area contributed by atoms with Crippen molar-refractivity contribution in [1.29, 1.82) is 0 Å². The van der Waals surface area contributed by atoms with Gasteiger partial charge in [-0.3, -0.25) is 14.9 Å². The van der Waals surface area contributed by atoms with E-state index >= 15 is 0 Å². The summed E-state index contributed by atoms with van der Waals surface area (Å²) in [5, 5.41) is 10.7. The Morgan fingerprint density at radius 2 is 2.28 bits per heavy atom. The van der Waals surface area contributed by atoms with Gasteiger partial charge >= 0.3 is 0 Å². The minimum absolute atomic E-state index is 0.111. The summed E-state index contributed by atoms with van der Waals surface area (Å²) in [6.45, 7) is 3.44. The highest BCUT2D eigenvalue weighted by Crippen LogP contribution is 2.24. The quantitative estimate of drug-likeness (QED) is 0.490. The van der Waals surface area contributed by atoms with Crippen LogP contribution in [0.4, 0.5) is 11.4 Å². The van der Waals surface area contributed by atoms with E-state index in [1.165, 1.54) is 18.2 Å². The molecule has 1 atom stereocenters. The fourth-order valence-electron chi connectivity index (χ4n) is 2.13. The van der Waals surface area contributed by atoms with Crippen LogP contribution in [0.1, 0.15) is 23.7 Å². The molecule has 0 saturated carbocycles. The van der Waals surface area contributed by atoms with E-state index in [4.69, 9.17) is 5.73 Å². The number of nitro groups is 1. The molecule has 2 rings (SSSR count). The van der Waals surface area contributed by atoms with Crippen molar-refractivity contribution < 1.29 is 9.72 Å². The molecule has 1 fully saturated rings. The Labute approximate surface area is 105 Å². The number of carbonyl (C=O) groups is 1. The first-order valence-electron chi connectivity index (χ1n) is 5.82. The second-order valence-corrected chi connectivity index (χ2v) is 4.67. The van der Waals surface area contributed by atoms with Crippen molar-refractivity contribution in [2.24, 2.45) is 5.92 Å². The Bertz CT molecular complexity index is 501. The van der Waals surface area contributed by atoms with Gasteiger partial charge in [0, 0.05) is 30.9 Å². The van der Waals surface area contributed by atoms with Crippen molar-refractivity contribution in [3.05, 3.63) is 33.9 Å². The number of carbonyl (C=O) groups excluding carboxylic acids is 1. The van der Waals surface area contributed by atoms with Crippen molar-refractivity contribution >= 4 is 17.3 Å². The lowest BCUT2D eigenvalue weighted by atomic mass is 10.1. The van der Waals surface area contributed by atoms with Gasteiger partial charge in [0.25, 0.3) is 11.6 Å². The van der Waals surface area contributed by atoms with Crippen molar-refractivity contribution in [3.63, 3.8) is 0 Å². The van der Waals surface area contributed by atoms with E-state index in [0.29, 0.717) is 19.0 Å². The molecule has 1 aliphatic heterocycles. The minimum atomic E-state index is -0.525. The first kappa shape index (κ1) is 12.3. The minimum Gasteiger partial charge on any atom is -0.398 e. The van der Waals surface area contributed by atoms with Crippen LogP contribution >= 0.6 is 0 Å². The SMILES string of the molecule is CC1CCN(C(=O)c2cc([N+](=O)[O-])ccc2N)C1. The number of nitrogen functional groups attached to an aromatic ring is 1. The fraction of sp³-hybridized carbons (Fsp3) is 0.417. The van der Waals surface area contributed by atoms with E-state index in [-0.39, 0.29) is 22.8 Å². The second-order valence-electron chi connectivity index (χ2n) is 4.67. The average molecular weight is 249 g/mol. The Kier molecular flexibility index (Phi) is 3.18. The number of rotatable bonds is 2. The summed E-state index contributed by atoms with van der Waals surface area (Å²) >= 11 is 0. The van der Waals surface area contributed by atoms with Gasteiger partial charge in [-0.2, -0.15) is 0 Å². The number of nitro benzene ring substituents is 1. The number of anilines is 1. The molecule has 1 heterocycles. The Hall–Kier alpha value is -2.11. The lowest BCUT2D eigenvalue weighted by molar-refractivity contribution is -0.384. The number of nitrogens with two attached hydrogens (primary N) is 1. The number of nitrogens with zero attached hydrogens (tertiary/aromatic N) is 2. The molecule has 0 aromatic heterocycles. The zero-order valence-corrected chi connectivity index (χ0v) is 10.1. The summed E-state index contributed by atoms with van der Waals surface area (Å²) < 4.78 is 0. The maximum Gasteiger partial charge on any atom is 0.270 e. The summed E-state index contributed by atoms with van der Waals surface area (Å²) in [6, 6.07) is 3.96. The fourth-order valence-corrected chi connectivity index (χ4v) is 2.13. The third-order valence-electron chi connectivity index (χ3n) is 3.19. The summed E-state index contributed by atoms with van der Waals surface area (Å²) in [4.78, 5) is 24.1. The highest BCUT2D eigenvalue weighted by molar-refractivity contribution is 5.99. The Balaban J connectivity index is 2.29. The van der Waals surface area contributed by atoms with Gasteiger partial charge in [0.2, 0.25) is 0 Å². The maximum atomic E-state index is 12.2. The van der Waals surface area contributed by atoms with Crippen molar-refractivity contribution in [3.8, 4) is 0 Å². The van der Waals surface area contributed by atoms with Gasteiger partial charge in [-0.25, -0.2) is 0 Å². The van der Waals surface area contributed by atoms with Gasteiger partial charge in [-0.1, -0.05) is 6.92 Å². The highest BCUT2D eigenvalue weighted by atomic mass is 16.6. The van der Waals surface area contributed by atoms with E-state index in [1.54, 1.807) is 4.90 Å². The molecule has 1 aliphatic rings. The Morgan fingerprint density at radius 3 is 2.83 bits per heavy atom. The van der Waals surface area contributed by atoms with Crippen LogP contribution < -0.4 is 5.73 Å². The van der Waals surface area contributed by atoms with Gasteiger partial charge in [0.15, 0.2) is 0 Å². The largest absolute Gasteiger partial charge is 0.398 e. The molecular weight excluding hydrogens is 234 g/mol. The van der Waals surface area contributed by atoms with Crippen LogP contribution in [-0.2, 0) is 0 Å². The first-order valence-corrected chi connectivity index (χ1v) is 5.82. The molecule has 0 spiro atoms. The van der Waals surface area contributed by atoms with E-state index < -0.39 is 4.92 Å². The molecule has 6 heteroatoms. The molecule has 2 N–H and O–H groups in total. The van der Waals surface area contributed by atoms with E-state index in [9.17, 15) is 14.9 Å². The predicted octanol–water partition coefficient (Wildman–Crippen LogP) is 1.66. The van der Waals surface area contributed by atoms with Crippen LogP contribution in [0.3, 0.4) is 0 Å². The van der Waals surface area contributed by atoms with Crippen LogP contribution in [0.15, 0.2) is 18.2 Å². The Morgan fingerprint density at radius 1 is 1.56 bits per heavy atom. The molecule has 0 radical (unpaired) electrons. The number of hydrogen-bond donors (Lipinski definition) is 1. The number of hydrogen-bond acceptors (Lipinski definition) is 4. The molecule has 1 amide bonds. The molecule has 0 aliphatic carbocycles. The first-order chi connectivity index (χ1) is 8.49. The van der Waals surface area contributed by atoms with E-state index in [0.717, 1.165) is 6.42 Å². The van der Waals surface area contributed by atoms with Crippen molar-refractivity contribution in [2.45, 2.75) is 13.3 Å². The molecular formula is C12H15N3O3. The highest BCUT2D eigenvalue weighted by Gasteiger charge is 2.26. The standard InChI is InChI=1S/C12H15N3O3/c1-8-4-5-14(7-8)12(16)10-6-9(15(17)18)2-3-11(10)13/h2-3,6,8H,4-5,7,13H2,1H3. The number of benzene rings is 1. The molecule has 1 aromatic rings. The monoisotopic (exact) mass is 249 g/mol. The smallest absolute Gasteiger partial charge is 0.270 e. The lowest BCUT2D eigenvalue weighted by Crippen LogP contribution is -2.29. The van der Waals surface area contributed by atoms with Crippen LogP contribution in [0.25, 0.3) is 0 Å². The summed E-state index contributed by atoms with van der Waals surface area (Å²) in [7, 11) is 0. The number of likely N-dealkylation sites (tertiary alicyclic amines) is 1. The average Bonchev–Trinajstić information content (AvgIpc) is 2.75. The van der Waals surface area contributed by atoms with Crippen molar-refractivity contribution in [1.82, 2.24) is 4.90 Å². The maximum absolute atomic E-state index is 12.2. The molecule has 96 valence electrons. The third kappa shape index (κ3) is 2.27. The normalized spacial score (nSPS) is 18.9. The molecule has 0 bridgehead atoms. The molecule has 1 saturated heterocycles. The molecule has 1 unspecified atom stereocenters. The van der Waals surface area contributed by atoms with Crippen LogP contribution in [-0.4, -0.2) is 28.8 Å². The van der Waals surface area contributed by atoms with Gasteiger partial charge in [0.1, 0.15) is 0 Å². The van der Waals surface area contributed by atoms with Gasteiger partial charge < -0.3 is 10.6 Å². The van der Waals surface area contributed by atoms with Gasteiger partial charge in [-0.05, 0) is 18.4 Å². The topological polar surface area (TPSA) is 89.5 Å². The van der Waals surface area contributed by atoms with Crippen LogP contribution in [0.5, 0.6) is 0 Å². The second kappa shape index (κ2) is 4.64. The molecule has 1 aromatic carbocycles. The van der Waals surface area contributed by atoms with E-state index in [2.05, 4.69) is 6.92 Å². The number of non-ortho nitro benzene ring substituents is 1. The van der Waals surface area contributed by atoms with Gasteiger partial charge in [-0.15, -0.1) is 0 Å².